The average Bonchev–Trinajstić information content (AvgIpc) is 2.35. The third kappa shape index (κ3) is 2.96. The van der Waals surface area contributed by atoms with Gasteiger partial charge in [-0.3, -0.25) is 14.9 Å². The largest absolute Gasteiger partial charge is 0.393 e. The standard InChI is InChI=1S/C14H18N2O4/c1-9(17)13-7-11(16(19)20)3-4-14(13)15(2)8-10-5-12(18)6-10/h3-4,7,10,12,18H,5-6,8H2,1-2H3. The topological polar surface area (TPSA) is 83.7 Å². The highest BCUT2D eigenvalue weighted by atomic mass is 16.6. The summed E-state index contributed by atoms with van der Waals surface area (Å²) in [5, 5.41) is 20.1. The molecule has 1 aromatic rings. The van der Waals surface area contributed by atoms with Crippen molar-refractivity contribution in [1.82, 2.24) is 0 Å². The Labute approximate surface area is 117 Å². The fraction of sp³-hybridized carbons (Fsp3) is 0.500. The molecule has 2 rings (SSSR count). The van der Waals surface area contributed by atoms with Gasteiger partial charge in [-0.05, 0) is 31.7 Å². The van der Waals surface area contributed by atoms with Crippen LogP contribution in [-0.2, 0) is 0 Å². The number of hydrogen-bond acceptors (Lipinski definition) is 5. The maximum absolute atomic E-state index is 11.7. The molecule has 0 bridgehead atoms. The van der Waals surface area contributed by atoms with Gasteiger partial charge in [-0.2, -0.15) is 0 Å². The maximum atomic E-state index is 11.7. The molecular formula is C14H18N2O4. The Hall–Kier alpha value is -1.95. The van der Waals surface area contributed by atoms with E-state index in [9.17, 15) is 20.0 Å². The van der Waals surface area contributed by atoms with Crippen LogP contribution < -0.4 is 4.90 Å². The Morgan fingerprint density at radius 1 is 1.50 bits per heavy atom. The lowest BCUT2D eigenvalue weighted by atomic mass is 9.82. The molecule has 1 aromatic carbocycles. The van der Waals surface area contributed by atoms with Crippen molar-refractivity contribution in [2.45, 2.75) is 25.9 Å². The van der Waals surface area contributed by atoms with Crippen LogP contribution in [0.3, 0.4) is 0 Å². The van der Waals surface area contributed by atoms with E-state index in [0.29, 0.717) is 17.2 Å². The normalized spacial score (nSPS) is 21.1. The third-order valence-electron chi connectivity index (χ3n) is 3.72. The van der Waals surface area contributed by atoms with E-state index in [1.807, 2.05) is 11.9 Å². The summed E-state index contributed by atoms with van der Waals surface area (Å²) in [5.74, 6) is 0.217. The molecule has 0 amide bonds. The van der Waals surface area contributed by atoms with E-state index in [-0.39, 0.29) is 17.6 Å². The monoisotopic (exact) mass is 278 g/mol. The van der Waals surface area contributed by atoms with Gasteiger partial charge in [0.15, 0.2) is 5.78 Å². The molecule has 0 saturated heterocycles. The first-order valence-corrected chi connectivity index (χ1v) is 6.57. The highest BCUT2D eigenvalue weighted by molar-refractivity contribution is 6.00. The number of Topliss-reactive ketones (excluding diaryl/α,β-unsaturated/α-hetero) is 1. The Morgan fingerprint density at radius 2 is 2.15 bits per heavy atom. The predicted molar refractivity (Wildman–Crippen MR) is 75.1 cm³/mol. The van der Waals surface area contributed by atoms with Gasteiger partial charge in [0.25, 0.3) is 5.69 Å². The molecule has 6 nitrogen and oxygen atoms in total. The molecule has 1 fully saturated rings. The maximum Gasteiger partial charge on any atom is 0.270 e. The number of anilines is 1. The van der Waals surface area contributed by atoms with E-state index in [1.165, 1.54) is 19.1 Å². The zero-order valence-electron chi connectivity index (χ0n) is 11.6. The molecular weight excluding hydrogens is 260 g/mol. The summed E-state index contributed by atoms with van der Waals surface area (Å²) in [5.41, 5.74) is 0.984. The number of non-ortho nitro benzene ring substituents is 1. The smallest absolute Gasteiger partial charge is 0.270 e. The van der Waals surface area contributed by atoms with E-state index in [4.69, 9.17) is 0 Å². The number of nitro groups is 1. The molecule has 0 atom stereocenters. The van der Waals surface area contributed by atoms with Gasteiger partial charge in [0.05, 0.1) is 11.0 Å². The van der Waals surface area contributed by atoms with E-state index < -0.39 is 4.92 Å². The zero-order valence-corrected chi connectivity index (χ0v) is 11.6. The second-order valence-electron chi connectivity index (χ2n) is 5.39. The Kier molecular flexibility index (Phi) is 4.04. The molecule has 0 spiro atoms. The number of aliphatic hydroxyl groups excluding tert-OH is 1. The van der Waals surface area contributed by atoms with Crippen LogP contribution in [0.15, 0.2) is 18.2 Å². The summed E-state index contributed by atoms with van der Waals surface area (Å²) >= 11 is 0. The van der Waals surface area contributed by atoms with Crippen molar-refractivity contribution in [2.75, 3.05) is 18.5 Å². The first-order valence-electron chi connectivity index (χ1n) is 6.57. The van der Waals surface area contributed by atoms with Crippen molar-refractivity contribution in [1.29, 1.82) is 0 Å². The minimum Gasteiger partial charge on any atom is -0.393 e. The molecule has 0 heterocycles. The van der Waals surface area contributed by atoms with Crippen molar-refractivity contribution in [2.24, 2.45) is 5.92 Å². The van der Waals surface area contributed by atoms with Crippen molar-refractivity contribution in [3.63, 3.8) is 0 Å². The lowest BCUT2D eigenvalue weighted by molar-refractivity contribution is -0.384. The lowest BCUT2D eigenvalue weighted by Gasteiger charge is -2.35. The molecule has 20 heavy (non-hydrogen) atoms. The van der Waals surface area contributed by atoms with Gasteiger partial charge in [-0.15, -0.1) is 0 Å². The summed E-state index contributed by atoms with van der Waals surface area (Å²) < 4.78 is 0. The van der Waals surface area contributed by atoms with Crippen LogP contribution >= 0.6 is 0 Å². The average molecular weight is 278 g/mol. The van der Waals surface area contributed by atoms with E-state index in [1.54, 1.807) is 6.07 Å². The number of hydrogen-bond donors (Lipinski definition) is 1. The van der Waals surface area contributed by atoms with Crippen LogP contribution in [-0.4, -0.2) is 35.5 Å². The van der Waals surface area contributed by atoms with Crippen LogP contribution in [0.4, 0.5) is 11.4 Å². The van der Waals surface area contributed by atoms with E-state index in [2.05, 4.69) is 0 Å². The van der Waals surface area contributed by atoms with Crippen LogP contribution in [0.25, 0.3) is 0 Å². The second-order valence-corrected chi connectivity index (χ2v) is 5.39. The molecule has 1 aliphatic rings. The van der Waals surface area contributed by atoms with Crippen LogP contribution in [0.1, 0.15) is 30.1 Å². The highest BCUT2D eigenvalue weighted by Gasteiger charge is 2.28. The van der Waals surface area contributed by atoms with Gasteiger partial charge in [0.2, 0.25) is 0 Å². The second kappa shape index (κ2) is 5.58. The molecule has 0 radical (unpaired) electrons. The number of carbonyl (C=O) groups excluding carboxylic acids is 1. The molecule has 6 heteroatoms. The minimum absolute atomic E-state index is 0.0774. The fourth-order valence-corrected chi connectivity index (χ4v) is 2.59. The number of rotatable bonds is 5. The van der Waals surface area contributed by atoms with Gasteiger partial charge in [0.1, 0.15) is 0 Å². The molecule has 1 N–H and O–H groups in total. The van der Waals surface area contributed by atoms with Crippen molar-refractivity contribution >= 4 is 17.2 Å². The molecule has 0 aromatic heterocycles. The Balaban J connectivity index is 2.21. The molecule has 1 aliphatic carbocycles. The fourth-order valence-electron chi connectivity index (χ4n) is 2.59. The summed E-state index contributed by atoms with van der Waals surface area (Å²) in [6.07, 6.45) is 1.33. The molecule has 108 valence electrons. The number of benzene rings is 1. The summed E-state index contributed by atoms with van der Waals surface area (Å²) in [6.45, 7) is 2.14. The van der Waals surface area contributed by atoms with Gasteiger partial charge in [0, 0.05) is 37.0 Å². The van der Waals surface area contributed by atoms with Crippen LogP contribution in [0.5, 0.6) is 0 Å². The number of carbonyl (C=O) groups is 1. The number of nitrogens with zero attached hydrogens (tertiary/aromatic N) is 2. The van der Waals surface area contributed by atoms with Gasteiger partial charge < -0.3 is 10.0 Å². The quantitative estimate of drug-likeness (QED) is 0.506. The highest BCUT2D eigenvalue weighted by Crippen LogP contribution is 2.31. The molecule has 0 aliphatic heterocycles. The summed E-state index contributed by atoms with van der Waals surface area (Å²) in [6, 6.07) is 4.35. The van der Waals surface area contributed by atoms with Crippen molar-refractivity contribution in [3.8, 4) is 0 Å². The van der Waals surface area contributed by atoms with E-state index in [0.717, 1.165) is 19.4 Å². The predicted octanol–water partition coefficient (Wildman–Crippen LogP) is 2.00. The minimum atomic E-state index is -0.501. The van der Waals surface area contributed by atoms with Gasteiger partial charge in [-0.1, -0.05) is 0 Å². The molecule has 1 saturated carbocycles. The first kappa shape index (κ1) is 14.5. The van der Waals surface area contributed by atoms with Crippen LogP contribution in [0, 0.1) is 16.0 Å². The molecule has 0 unspecified atom stereocenters. The summed E-state index contributed by atoms with van der Waals surface area (Å²) in [4.78, 5) is 23.9. The third-order valence-corrected chi connectivity index (χ3v) is 3.72. The first-order chi connectivity index (χ1) is 9.38. The lowest BCUT2D eigenvalue weighted by Crippen LogP contribution is -2.37. The zero-order chi connectivity index (χ0) is 14.9. The summed E-state index contributed by atoms with van der Waals surface area (Å²) in [7, 11) is 1.86. The Morgan fingerprint density at radius 3 is 2.65 bits per heavy atom. The number of aliphatic hydroxyl groups is 1. The SMILES string of the molecule is CC(=O)c1cc([N+](=O)[O-])ccc1N(C)CC1CC(O)C1. The number of nitro benzene ring substituents is 1. The Bertz CT molecular complexity index is 538. The van der Waals surface area contributed by atoms with Crippen LogP contribution in [0.2, 0.25) is 0 Å². The van der Waals surface area contributed by atoms with E-state index >= 15 is 0 Å². The van der Waals surface area contributed by atoms with Gasteiger partial charge >= 0.3 is 0 Å². The van der Waals surface area contributed by atoms with Crippen molar-refractivity contribution in [3.05, 3.63) is 33.9 Å². The van der Waals surface area contributed by atoms with Gasteiger partial charge in [-0.25, -0.2) is 0 Å². The van der Waals surface area contributed by atoms with Crippen molar-refractivity contribution < 1.29 is 14.8 Å². The number of ketones is 1.